The molecule has 1 unspecified atom stereocenters. The van der Waals surface area contributed by atoms with Crippen LogP contribution in [0.15, 0.2) is 59.5 Å². The fourth-order valence-electron chi connectivity index (χ4n) is 2.78. The van der Waals surface area contributed by atoms with Crippen LogP contribution in [0.2, 0.25) is 0 Å². The lowest BCUT2D eigenvalue weighted by Gasteiger charge is -2.30. The minimum atomic E-state index is -3.49. The van der Waals surface area contributed by atoms with E-state index in [4.69, 9.17) is 0 Å². The van der Waals surface area contributed by atoms with Crippen molar-refractivity contribution in [1.29, 1.82) is 0 Å². The number of sulfonamides is 1. The van der Waals surface area contributed by atoms with Gasteiger partial charge >= 0.3 is 0 Å². The van der Waals surface area contributed by atoms with Crippen molar-refractivity contribution in [3.05, 3.63) is 65.7 Å². The molecule has 0 spiro atoms. The number of rotatable bonds is 3. The standard InChI is InChI=1S/C17H20N2O2S.CH4/c1-2-19-13-15-8-10-16(11-9-15)22(20,21)18-17(19)12-14-6-4-3-5-7-14;/h3-11,17-18H,2,12-13H2,1H3;1H4. The third-order valence-corrected chi connectivity index (χ3v) is 5.50. The van der Waals surface area contributed by atoms with E-state index >= 15 is 0 Å². The lowest BCUT2D eigenvalue weighted by Crippen LogP contribution is -2.48. The highest BCUT2D eigenvalue weighted by Crippen LogP contribution is 2.19. The lowest BCUT2D eigenvalue weighted by molar-refractivity contribution is 0.185. The highest BCUT2D eigenvalue weighted by Gasteiger charge is 2.26. The normalized spacial score (nSPS) is 20.1. The first-order valence-corrected chi connectivity index (χ1v) is 8.96. The lowest BCUT2D eigenvalue weighted by atomic mass is 10.1. The molecule has 0 aliphatic carbocycles. The second-order valence-electron chi connectivity index (χ2n) is 5.53. The van der Waals surface area contributed by atoms with Crippen molar-refractivity contribution < 1.29 is 8.42 Å². The van der Waals surface area contributed by atoms with E-state index in [-0.39, 0.29) is 13.6 Å². The first kappa shape index (κ1) is 17.7. The smallest absolute Gasteiger partial charge is 0.241 e. The molecule has 0 amide bonds. The van der Waals surface area contributed by atoms with Crippen LogP contribution in [0.1, 0.15) is 25.5 Å². The summed E-state index contributed by atoms with van der Waals surface area (Å²) in [7, 11) is -3.49. The molecule has 2 aliphatic rings. The van der Waals surface area contributed by atoms with Gasteiger partial charge < -0.3 is 0 Å². The molecule has 2 aromatic carbocycles. The van der Waals surface area contributed by atoms with Gasteiger partial charge in [-0.1, -0.05) is 56.8 Å². The van der Waals surface area contributed by atoms with Gasteiger partial charge in [0.25, 0.3) is 0 Å². The van der Waals surface area contributed by atoms with E-state index in [1.807, 2.05) is 42.5 Å². The fourth-order valence-corrected chi connectivity index (χ4v) is 4.00. The molecule has 124 valence electrons. The highest BCUT2D eigenvalue weighted by atomic mass is 32.2. The van der Waals surface area contributed by atoms with Crippen molar-refractivity contribution in [1.82, 2.24) is 9.62 Å². The largest absolute Gasteiger partial charge is 0.283 e. The molecule has 2 bridgehead atoms. The third kappa shape index (κ3) is 3.99. The van der Waals surface area contributed by atoms with Gasteiger partial charge in [0.05, 0.1) is 11.1 Å². The number of fused-ring (bicyclic) bond motifs is 6. The molecule has 5 heteroatoms. The topological polar surface area (TPSA) is 49.4 Å². The van der Waals surface area contributed by atoms with E-state index in [1.54, 1.807) is 12.1 Å². The summed E-state index contributed by atoms with van der Waals surface area (Å²) in [5.74, 6) is 0. The fraction of sp³-hybridized carbons (Fsp3) is 0.333. The number of hydrogen-bond donors (Lipinski definition) is 1. The average molecular weight is 332 g/mol. The van der Waals surface area contributed by atoms with Crippen LogP contribution in [0.3, 0.4) is 0 Å². The van der Waals surface area contributed by atoms with Gasteiger partial charge in [-0.25, -0.2) is 8.42 Å². The molecule has 4 nitrogen and oxygen atoms in total. The van der Waals surface area contributed by atoms with Crippen LogP contribution in [0, 0.1) is 0 Å². The molecule has 0 radical (unpaired) electrons. The van der Waals surface area contributed by atoms with E-state index in [2.05, 4.69) is 16.5 Å². The van der Waals surface area contributed by atoms with E-state index in [1.165, 1.54) is 0 Å². The Morgan fingerprint density at radius 2 is 1.74 bits per heavy atom. The maximum atomic E-state index is 12.5. The summed E-state index contributed by atoms with van der Waals surface area (Å²) in [5.41, 5.74) is 2.25. The van der Waals surface area contributed by atoms with Gasteiger partial charge in [0.15, 0.2) is 0 Å². The summed E-state index contributed by atoms with van der Waals surface area (Å²) in [6.45, 7) is 3.56. The zero-order valence-electron chi connectivity index (χ0n) is 12.6. The quantitative estimate of drug-likeness (QED) is 0.940. The Kier molecular flexibility index (Phi) is 5.57. The monoisotopic (exact) mass is 332 g/mol. The molecular formula is C18H24N2O2S. The van der Waals surface area contributed by atoms with Crippen molar-refractivity contribution in [3.8, 4) is 0 Å². The SMILES string of the molecule is C.CCN1Cc2ccc(cc2)S(=O)(=O)NC1Cc1ccccc1. The Bertz CT molecular complexity index is 727. The summed E-state index contributed by atoms with van der Waals surface area (Å²) in [4.78, 5) is 2.48. The number of hydrogen-bond acceptors (Lipinski definition) is 3. The van der Waals surface area contributed by atoms with Crippen molar-refractivity contribution in [3.63, 3.8) is 0 Å². The number of benzene rings is 2. The van der Waals surface area contributed by atoms with Gasteiger partial charge in [-0.05, 0) is 29.8 Å². The first-order chi connectivity index (χ1) is 10.6. The third-order valence-electron chi connectivity index (χ3n) is 4.03. The van der Waals surface area contributed by atoms with Crippen molar-refractivity contribution >= 4 is 10.0 Å². The number of likely N-dealkylation sites (N-methyl/N-ethyl adjacent to an activating group) is 1. The van der Waals surface area contributed by atoms with Crippen molar-refractivity contribution in [2.24, 2.45) is 0 Å². The van der Waals surface area contributed by atoms with Gasteiger partial charge in [0, 0.05) is 13.0 Å². The molecule has 0 saturated carbocycles. The Balaban J connectivity index is 0.00000192. The molecule has 0 fully saturated rings. The van der Waals surface area contributed by atoms with Gasteiger partial charge in [0.1, 0.15) is 0 Å². The van der Waals surface area contributed by atoms with Crippen molar-refractivity contribution in [2.45, 2.75) is 38.4 Å². The Morgan fingerprint density at radius 1 is 1.09 bits per heavy atom. The van der Waals surface area contributed by atoms with Crippen LogP contribution in [0.4, 0.5) is 0 Å². The van der Waals surface area contributed by atoms with E-state index < -0.39 is 10.0 Å². The molecule has 1 N–H and O–H groups in total. The second-order valence-corrected chi connectivity index (χ2v) is 7.25. The van der Waals surface area contributed by atoms with E-state index in [9.17, 15) is 8.42 Å². The van der Waals surface area contributed by atoms with Crippen LogP contribution >= 0.6 is 0 Å². The summed E-state index contributed by atoms with van der Waals surface area (Å²) < 4.78 is 27.9. The maximum Gasteiger partial charge on any atom is 0.241 e. The van der Waals surface area contributed by atoms with Gasteiger partial charge in [-0.15, -0.1) is 0 Å². The molecule has 2 heterocycles. The van der Waals surface area contributed by atoms with Crippen LogP contribution in [-0.4, -0.2) is 26.0 Å². The minimum Gasteiger partial charge on any atom is -0.283 e. The van der Waals surface area contributed by atoms with E-state index in [0.717, 1.165) is 24.2 Å². The Morgan fingerprint density at radius 3 is 2.35 bits per heavy atom. The van der Waals surface area contributed by atoms with Gasteiger partial charge in [-0.2, -0.15) is 4.72 Å². The Labute approximate surface area is 139 Å². The molecular weight excluding hydrogens is 308 g/mol. The predicted octanol–water partition coefficient (Wildman–Crippen LogP) is 3.01. The van der Waals surface area contributed by atoms with Crippen molar-refractivity contribution in [2.75, 3.05) is 6.54 Å². The second kappa shape index (κ2) is 7.25. The van der Waals surface area contributed by atoms with Crippen LogP contribution in [0.25, 0.3) is 0 Å². The molecule has 0 aromatic heterocycles. The Hall–Kier alpha value is -1.69. The molecule has 2 aliphatic heterocycles. The minimum absolute atomic E-state index is 0. The molecule has 0 saturated heterocycles. The summed E-state index contributed by atoms with van der Waals surface area (Å²) in [6, 6.07) is 17.1. The van der Waals surface area contributed by atoms with Crippen LogP contribution < -0.4 is 4.72 Å². The van der Waals surface area contributed by atoms with Gasteiger partial charge in [-0.3, -0.25) is 4.90 Å². The molecule has 1 atom stereocenters. The van der Waals surface area contributed by atoms with E-state index in [0.29, 0.717) is 11.3 Å². The van der Waals surface area contributed by atoms with Gasteiger partial charge in [0.2, 0.25) is 10.0 Å². The van der Waals surface area contributed by atoms with Crippen LogP contribution in [0.5, 0.6) is 0 Å². The molecule has 2 aromatic rings. The highest BCUT2D eigenvalue weighted by molar-refractivity contribution is 7.89. The first-order valence-electron chi connectivity index (χ1n) is 7.48. The molecule has 23 heavy (non-hydrogen) atoms. The number of nitrogens with one attached hydrogen (secondary N) is 1. The predicted molar refractivity (Wildman–Crippen MR) is 93.5 cm³/mol. The summed E-state index contributed by atoms with van der Waals surface area (Å²) in [6.07, 6.45) is 0.399. The maximum absolute atomic E-state index is 12.5. The number of nitrogens with zero attached hydrogens (tertiary/aromatic N) is 1. The van der Waals surface area contributed by atoms with Crippen LogP contribution in [-0.2, 0) is 23.0 Å². The zero-order chi connectivity index (χ0) is 15.6. The summed E-state index contributed by atoms with van der Waals surface area (Å²) >= 11 is 0. The molecule has 4 rings (SSSR count). The summed E-state index contributed by atoms with van der Waals surface area (Å²) in [5, 5.41) is 0. The average Bonchev–Trinajstić information content (AvgIpc) is 2.60. The zero-order valence-corrected chi connectivity index (χ0v) is 13.4.